The first-order valence-electron chi connectivity index (χ1n) is 2.68. The molecule has 0 saturated carbocycles. The van der Waals surface area contributed by atoms with Crippen LogP contribution < -0.4 is 0 Å². The topological polar surface area (TPSA) is 26.3 Å². The van der Waals surface area contributed by atoms with E-state index in [9.17, 15) is 4.79 Å². The lowest BCUT2D eigenvalue weighted by molar-refractivity contribution is -0.142. The third-order valence-electron chi connectivity index (χ3n) is 0.733. The van der Waals surface area contributed by atoms with Crippen LogP contribution in [0.3, 0.4) is 0 Å². The molecule has 2 nitrogen and oxygen atoms in total. The number of alkyl halides is 3. The summed E-state index contributed by atoms with van der Waals surface area (Å²) in [6, 6.07) is 0. The fourth-order valence-corrected chi connectivity index (χ4v) is 0.593. The van der Waals surface area contributed by atoms with Gasteiger partial charge in [-0.3, -0.25) is 4.79 Å². The van der Waals surface area contributed by atoms with E-state index in [1.807, 2.05) is 0 Å². The van der Waals surface area contributed by atoms with Gasteiger partial charge in [0.2, 0.25) is 0 Å². The molecular weight excluding hydrogens is 198 g/mol. The number of hydrogen-bond donors (Lipinski definition) is 0. The van der Waals surface area contributed by atoms with Crippen molar-refractivity contribution in [2.45, 2.75) is 17.1 Å². The third-order valence-corrected chi connectivity index (χ3v) is 1.93. The van der Waals surface area contributed by atoms with E-state index in [4.69, 9.17) is 34.8 Å². The average Bonchev–Trinajstić information content (AvgIpc) is 1.87. The highest BCUT2D eigenvalue weighted by molar-refractivity contribution is 6.51. The van der Waals surface area contributed by atoms with Crippen LogP contribution >= 0.6 is 34.8 Å². The van der Waals surface area contributed by atoms with Crippen molar-refractivity contribution in [3.8, 4) is 0 Å². The quantitative estimate of drug-likeness (QED) is 0.520. The summed E-state index contributed by atoms with van der Waals surface area (Å²) < 4.78 is 4.53. The highest BCUT2D eigenvalue weighted by atomic mass is 35.5. The van der Waals surface area contributed by atoms with Gasteiger partial charge in [0.15, 0.2) is 5.38 Å². The van der Waals surface area contributed by atoms with Crippen LogP contribution in [0.1, 0.15) is 6.92 Å². The molecule has 0 bridgehead atoms. The van der Waals surface area contributed by atoms with Crippen LogP contribution in [0.15, 0.2) is 0 Å². The molecule has 0 aliphatic carbocycles. The van der Waals surface area contributed by atoms with E-state index in [0.717, 1.165) is 0 Å². The van der Waals surface area contributed by atoms with Crippen molar-refractivity contribution in [1.29, 1.82) is 0 Å². The summed E-state index contributed by atoms with van der Waals surface area (Å²) in [4.78, 5) is 9.75. The SMILES string of the molecule is CCOC(=O)C(Cl)C(Cl)Cl. The second kappa shape index (κ2) is 5.05. The summed E-state index contributed by atoms with van der Waals surface area (Å²) in [6.07, 6.45) is 0. The minimum absolute atomic E-state index is 0.280. The van der Waals surface area contributed by atoms with Gasteiger partial charge in [-0.25, -0.2) is 0 Å². The summed E-state index contributed by atoms with van der Waals surface area (Å²) in [7, 11) is 0. The molecule has 10 heavy (non-hydrogen) atoms. The second-order valence-electron chi connectivity index (χ2n) is 1.49. The average molecular weight is 205 g/mol. The molecule has 1 atom stereocenters. The lowest BCUT2D eigenvalue weighted by Crippen LogP contribution is -2.23. The molecule has 0 aromatic rings. The molecule has 60 valence electrons. The van der Waals surface area contributed by atoms with Crippen LogP contribution in [0.2, 0.25) is 0 Å². The summed E-state index contributed by atoms with van der Waals surface area (Å²) >= 11 is 16.0. The Morgan fingerprint density at radius 2 is 2.00 bits per heavy atom. The van der Waals surface area contributed by atoms with Crippen molar-refractivity contribution in [3.63, 3.8) is 0 Å². The molecule has 0 aromatic heterocycles. The number of rotatable bonds is 3. The van der Waals surface area contributed by atoms with Crippen LogP contribution in [-0.4, -0.2) is 22.8 Å². The van der Waals surface area contributed by atoms with Gasteiger partial charge in [0.1, 0.15) is 4.84 Å². The first-order chi connectivity index (χ1) is 4.59. The zero-order valence-corrected chi connectivity index (χ0v) is 7.58. The zero-order valence-electron chi connectivity index (χ0n) is 5.31. The van der Waals surface area contributed by atoms with E-state index in [1.165, 1.54) is 0 Å². The largest absolute Gasteiger partial charge is 0.465 e. The molecular formula is C5H7Cl3O2. The van der Waals surface area contributed by atoms with Crippen molar-refractivity contribution >= 4 is 40.8 Å². The molecule has 0 heterocycles. The Bertz CT molecular complexity index is 115. The molecule has 0 fully saturated rings. The van der Waals surface area contributed by atoms with Crippen molar-refractivity contribution in [2.24, 2.45) is 0 Å². The van der Waals surface area contributed by atoms with Crippen LogP contribution in [0.25, 0.3) is 0 Å². The Labute approximate surface area is 74.4 Å². The number of ether oxygens (including phenoxy) is 1. The first kappa shape index (κ1) is 10.3. The van der Waals surface area contributed by atoms with Crippen molar-refractivity contribution in [3.05, 3.63) is 0 Å². The summed E-state index contributed by atoms with van der Waals surface area (Å²) in [5.74, 6) is -0.584. The third kappa shape index (κ3) is 3.49. The van der Waals surface area contributed by atoms with Gasteiger partial charge in [0.05, 0.1) is 6.61 Å². The smallest absolute Gasteiger partial charge is 0.326 e. The second-order valence-corrected chi connectivity index (χ2v) is 3.12. The molecule has 0 aromatic carbocycles. The van der Waals surface area contributed by atoms with Gasteiger partial charge in [-0.05, 0) is 6.92 Å². The van der Waals surface area contributed by atoms with E-state index >= 15 is 0 Å². The predicted molar refractivity (Wildman–Crippen MR) is 41.8 cm³/mol. The highest BCUT2D eigenvalue weighted by Gasteiger charge is 2.23. The molecule has 0 aliphatic rings. The molecule has 5 heteroatoms. The maximum Gasteiger partial charge on any atom is 0.326 e. The lowest BCUT2D eigenvalue weighted by atomic mass is 10.5. The van der Waals surface area contributed by atoms with E-state index < -0.39 is 16.2 Å². The van der Waals surface area contributed by atoms with Crippen molar-refractivity contribution < 1.29 is 9.53 Å². The lowest BCUT2D eigenvalue weighted by Gasteiger charge is -2.07. The van der Waals surface area contributed by atoms with E-state index in [1.54, 1.807) is 6.92 Å². The Kier molecular flexibility index (Phi) is 5.22. The Balaban J connectivity index is 3.71. The van der Waals surface area contributed by atoms with Crippen LogP contribution in [0, 0.1) is 0 Å². The standard InChI is InChI=1S/C5H7Cl3O2/c1-2-10-5(9)3(6)4(7)8/h3-4H,2H2,1H3. The number of carbonyl (C=O) groups excluding carboxylic acids is 1. The molecule has 1 unspecified atom stereocenters. The van der Waals surface area contributed by atoms with Crippen LogP contribution in [-0.2, 0) is 9.53 Å². The maximum absolute atomic E-state index is 10.7. The van der Waals surface area contributed by atoms with E-state index in [-0.39, 0.29) is 6.61 Å². The highest BCUT2D eigenvalue weighted by Crippen LogP contribution is 2.15. The van der Waals surface area contributed by atoms with E-state index in [2.05, 4.69) is 4.74 Å². The molecule has 0 amide bonds. The van der Waals surface area contributed by atoms with Gasteiger partial charge in [0, 0.05) is 0 Å². The fourth-order valence-electron chi connectivity index (χ4n) is 0.325. The number of esters is 1. The number of halogens is 3. The number of hydrogen-bond acceptors (Lipinski definition) is 2. The molecule has 0 rings (SSSR count). The monoisotopic (exact) mass is 204 g/mol. The van der Waals surface area contributed by atoms with Crippen molar-refractivity contribution in [1.82, 2.24) is 0 Å². The Morgan fingerprint density at radius 1 is 1.50 bits per heavy atom. The minimum Gasteiger partial charge on any atom is -0.465 e. The molecule has 0 saturated heterocycles. The number of carbonyl (C=O) groups is 1. The summed E-state index contributed by atoms with van der Waals surface area (Å²) in [5.41, 5.74) is 0. The molecule has 0 N–H and O–H groups in total. The van der Waals surface area contributed by atoms with Gasteiger partial charge in [0.25, 0.3) is 0 Å². The van der Waals surface area contributed by atoms with Gasteiger partial charge < -0.3 is 4.74 Å². The Hall–Kier alpha value is 0.340. The predicted octanol–water partition coefficient (Wildman–Crippen LogP) is 1.96. The Morgan fingerprint density at radius 3 is 2.30 bits per heavy atom. The molecule has 0 spiro atoms. The summed E-state index contributed by atoms with van der Waals surface area (Å²) in [6.45, 7) is 1.96. The van der Waals surface area contributed by atoms with Gasteiger partial charge in [-0.15, -0.1) is 34.8 Å². The van der Waals surface area contributed by atoms with Gasteiger partial charge in [-0.1, -0.05) is 0 Å². The van der Waals surface area contributed by atoms with Crippen LogP contribution in [0.4, 0.5) is 0 Å². The van der Waals surface area contributed by atoms with Gasteiger partial charge in [-0.2, -0.15) is 0 Å². The minimum atomic E-state index is -0.969. The van der Waals surface area contributed by atoms with Crippen molar-refractivity contribution in [2.75, 3.05) is 6.61 Å². The van der Waals surface area contributed by atoms with E-state index in [0.29, 0.717) is 0 Å². The molecule has 0 radical (unpaired) electrons. The van der Waals surface area contributed by atoms with Gasteiger partial charge >= 0.3 is 5.97 Å². The first-order valence-corrected chi connectivity index (χ1v) is 3.99. The maximum atomic E-state index is 10.7. The normalized spacial score (nSPS) is 13.3. The summed E-state index contributed by atoms with van der Waals surface area (Å²) in [5, 5.41) is -0.969. The zero-order chi connectivity index (χ0) is 8.15. The molecule has 0 aliphatic heterocycles. The fraction of sp³-hybridized carbons (Fsp3) is 0.800. The van der Waals surface area contributed by atoms with Crippen LogP contribution in [0.5, 0.6) is 0 Å².